The summed E-state index contributed by atoms with van der Waals surface area (Å²) in [5.74, 6) is 1.20. The average molecular weight is 435 g/mol. The molecular weight excluding hydrogens is 404 g/mol. The molecule has 32 heavy (non-hydrogen) atoms. The third kappa shape index (κ3) is 3.56. The van der Waals surface area contributed by atoms with Crippen LogP contribution >= 0.6 is 0 Å². The lowest BCUT2D eigenvalue weighted by molar-refractivity contribution is -0.147. The maximum atomic E-state index is 12.9. The van der Waals surface area contributed by atoms with Crippen molar-refractivity contribution in [2.75, 3.05) is 20.3 Å². The predicted octanol–water partition coefficient (Wildman–Crippen LogP) is 5.48. The van der Waals surface area contributed by atoms with E-state index in [2.05, 4.69) is 0 Å². The lowest BCUT2D eigenvalue weighted by atomic mass is 9.80. The van der Waals surface area contributed by atoms with Gasteiger partial charge in [0.15, 0.2) is 0 Å². The summed E-state index contributed by atoms with van der Waals surface area (Å²) in [5, 5.41) is 12.6. The van der Waals surface area contributed by atoms with Crippen LogP contribution in [0.4, 0.5) is 0 Å². The van der Waals surface area contributed by atoms with Crippen LogP contribution in [0.25, 0.3) is 10.8 Å². The summed E-state index contributed by atoms with van der Waals surface area (Å²) < 4.78 is 17.1. The van der Waals surface area contributed by atoms with Crippen LogP contribution in [0, 0.1) is 20.8 Å². The SMILES string of the molecule is COc1ccc2cc([C@H](C)C(=O)OC[C@]3(C)COc4c(C)c(C)c(O)c(C)c43)ccc2c1. The molecule has 0 aliphatic carbocycles. The summed E-state index contributed by atoms with van der Waals surface area (Å²) in [7, 11) is 1.65. The number of hydrogen-bond donors (Lipinski definition) is 1. The number of phenolic OH excluding ortho intramolecular Hbond substituents is 1. The second-order valence-electron chi connectivity index (χ2n) is 9.08. The van der Waals surface area contributed by atoms with Gasteiger partial charge in [0, 0.05) is 5.56 Å². The van der Waals surface area contributed by atoms with E-state index < -0.39 is 11.3 Å². The van der Waals surface area contributed by atoms with Crippen LogP contribution in [0.3, 0.4) is 0 Å². The molecule has 5 nitrogen and oxygen atoms in total. The Kier molecular flexibility index (Phi) is 5.53. The Hall–Kier alpha value is -3.21. The van der Waals surface area contributed by atoms with Crippen LogP contribution in [0.1, 0.15) is 47.6 Å². The van der Waals surface area contributed by atoms with Gasteiger partial charge in [0.25, 0.3) is 0 Å². The minimum Gasteiger partial charge on any atom is -0.507 e. The molecule has 0 radical (unpaired) electrons. The van der Waals surface area contributed by atoms with Crippen LogP contribution in [0.15, 0.2) is 36.4 Å². The van der Waals surface area contributed by atoms with Gasteiger partial charge in [0.2, 0.25) is 0 Å². The van der Waals surface area contributed by atoms with Crippen LogP contribution < -0.4 is 9.47 Å². The van der Waals surface area contributed by atoms with E-state index in [0.29, 0.717) is 6.61 Å². The molecule has 0 saturated carbocycles. The number of fused-ring (bicyclic) bond motifs is 2. The number of ether oxygens (including phenoxy) is 3. The third-order valence-corrected chi connectivity index (χ3v) is 6.81. The van der Waals surface area contributed by atoms with Crippen LogP contribution in [-0.2, 0) is 14.9 Å². The predicted molar refractivity (Wildman–Crippen MR) is 125 cm³/mol. The first-order chi connectivity index (χ1) is 15.2. The van der Waals surface area contributed by atoms with Crippen molar-refractivity contribution in [3.63, 3.8) is 0 Å². The lowest BCUT2D eigenvalue weighted by Crippen LogP contribution is -2.33. The third-order valence-electron chi connectivity index (χ3n) is 6.81. The summed E-state index contributed by atoms with van der Waals surface area (Å²) >= 11 is 0. The number of carbonyl (C=O) groups is 1. The molecule has 0 saturated heterocycles. The summed E-state index contributed by atoms with van der Waals surface area (Å²) in [5.41, 5.74) is 3.87. The molecule has 0 bridgehead atoms. The molecule has 168 valence electrons. The summed E-state index contributed by atoms with van der Waals surface area (Å²) in [4.78, 5) is 12.9. The fourth-order valence-electron chi connectivity index (χ4n) is 4.56. The molecular formula is C27H30O5. The molecule has 3 aromatic carbocycles. The quantitative estimate of drug-likeness (QED) is 0.539. The maximum absolute atomic E-state index is 12.9. The fourth-order valence-corrected chi connectivity index (χ4v) is 4.56. The van der Waals surface area contributed by atoms with E-state index in [1.165, 1.54) is 0 Å². The zero-order chi connectivity index (χ0) is 23.2. The zero-order valence-electron chi connectivity index (χ0n) is 19.5. The second-order valence-corrected chi connectivity index (χ2v) is 9.08. The largest absolute Gasteiger partial charge is 0.507 e. The molecule has 0 unspecified atom stereocenters. The molecule has 3 aromatic rings. The number of aromatic hydroxyl groups is 1. The molecule has 1 aliphatic heterocycles. The molecule has 5 heteroatoms. The molecule has 1 heterocycles. The molecule has 1 N–H and O–H groups in total. The van der Waals surface area contributed by atoms with Gasteiger partial charge in [0.1, 0.15) is 30.5 Å². The summed E-state index contributed by atoms with van der Waals surface area (Å²) in [6.07, 6.45) is 0. The van der Waals surface area contributed by atoms with Crippen molar-refractivity contribution in [1.82, 2.24) is 0 Å². The topological polar surface area (TPSA) is 65.0 Å². The van der Waals surface area contributed by atoms with Gasteiger partial charge in [-0.25, -0.2) is 0 Å². The Morgan fingerprint density at radius 1 is 1.09 bits per heavy atom. The Balaban J connectivity index is 1.53. The number of carbonyl (C=O) groups excluding carboxylic acids is 1. The van der Waals surface area contributed by atoms with Gasteiger partial charge in [-0.15, -0.1) is 0 Å². The van der Waals surface area contributed by atoms with Gasteiger partial charge in [-0.3, -0.25) is 4.79 Å². The highest BCUT2D eigenvalue weighted by molar-refractivity contribution is 5.86. The van der Waals surface area contributed by atoms with Crippen LogP contribution in [0.5, 0.6) is 17.2 Å². The maximum Gasteiger partial charge on any atom is 0.313 e. The Morgan fingerprint density at radius 2 is 1.78 bits per heavy atom. The Bertz CT molecular complexity index is 1210. The van der Waals surface area contributed by atoms with E-state index in [0.717, 1.165) is 50.1 Å². The summed E-state index contributed by atoms with van der Waals surface area (Å²) in [6.45, 7) is 10.2. The fraction of sp³-hybridized carbons (Fsp3) is 0.370. The Morgan fingerprint density at radius 3 is 2.50 bits per heavy atom. The number of esters is 1. The van der Waals surface area contributed by atoms with Gasteiger partial charge in [-0.05, 0) is 79.8 Å². The lowest BCUT2D eigenvalue weighted by Gasteiger charge is -2.25. The van der Waals surface area contributed by atoms with Gasteiger partial charge in [0.05, 0.1) is 18.4 Å². The van der Waals surface area contributed by atoms with Gasteiger partial charge < -0.3 is 19.3 Å². The molecule has 2 atom stereocenters. The van der Waals surface area contributed by atoms with Crippen molar-refractivity contribution in [2.24, 2.45) is 0 Å². The van der Waals surface area contributed by atoms with Crippen molar-refractivity contribution >= 4 is 16.7 Å². The van der Waals surface area contributed by atoms with Crippen molar-refractivity contribution in [3.8, 4) is 17.2 Å². The van der Waals surface area contributed by atoms with E-state index >= 15 is 0 Å². The molecule has 0 amide bonds. The number of benzene rings is 3. The van der Waals surface area contributed by atoms with E-state index in [-0.39, 0.29) is 18.3 Å². The first kappa shape index (κ1) is 22.0. The van der Waals surface area contributed by atoms with Crippen molar-refractivity contribution < 1.29 is 24.1 Å². The van der Waals surface area contributed by atoms with E-state index in [9.17, 15) is 9.90 Å². The van der Waals surface area contributed by atoms with Crippen molar-refractivity contribution in [1.29, 1.82) is 0 Å². The highest BCUT2D eigenvalue weighted by atomic mass is 16.5. The van der Waals surface area contributed by atoms with E-state index in [1.807, 2.05) is 71.0 Å². The van der Waals surface area contributed by atoms with E-state index in [4.69, 9.17) is 14.2 Å². The number of hydrogen-bond acceptors (Lipinski definition) is 5. The van der Waals surface area contributed by atoms with Gasteiger partial charge in [-0.1, -0.05) is 24.3 Å². The molecule has 4 rings (SSSR count). The average Bonchev–Trinajstić information content (AvgIpc) is 3.16. The normalized spacial score (nSPS) is 18.2. The number of rotatable bonds is 5. The monoisotopic (exact) mass is 434 g/mol. The molecule has 0 aromatic heterocycles. The highest BCUT2D eigenvalue weighted by Crippen LogP contribution is 2.47. The smallest absolute Gasteiger partial charge is 0.313 e. The Labute approximate surface area is 188 Å². The summed E-state index contributed by atoms with van der Waals surface area (Å²) in [6, 6.07) is 11.8. The molecule has 0 spiro atoms. The highest BCUT2D eigenvalue weighted by Gasteiger charge is 2.41. The minimum absolute atomic E-state index is 0.191. The van der Waals surface area contributed by atoms with Crippen LogP contribution in [0.2, 0.25) is 0 Å². The number of methoxy groups -OCH3 is 1. The molecule has 0 fully saturated rings. The van der Waals surface area contributed by atoms with Crippen molar-refractivity contribution in [3.05, 3.63) is 64.2 Å². The zero-order valence-corrected chi connectivity index (χ0v) is 19.5. The molecule has 1 aliphatic rings. The van der Waals surface area contributed by atoms with Gasteiger partial charge in [-0.2, -0.15) is 0 Å². The minimum atomic E-state index is -0.509. The second kappa shape index (κ2) is 8.05. The van der Waals surface area contributed by atoms with Gasteiger partial charge >= 0.3 is 5.97 Å². The standard InChI is InChI=1S/C27H30O5/c1-15-16(2)25-23(18(4)24(15)28)27(5,13-31-25)14-32-26(29)17(3)19-7-8-21-12-22(30-6)10-9-20(21)11-19/h7-12,17,28H,13-14H2,1-6H3/t17-,27-/m0/s1. The first-order valence-electron chi connectivity index (χ1n) is 10.9. The van der Waals surface area contributed by atoms with Crippen molar-refractivity contribution in [2.45, 2.75) is 46.0 Å². The van der Waals surface area contributed by atoms with E-state index in [1.54, 1.807) is 7.11 Å². The first-order valence-corrected chi connectivity index (χ1v) is 10.9. The van der Waals surface area contributed by atoms with Crippen LogP contribution in [-0.4, -0.2) is 31.4 Å². The number of phenols is 1.